The highest BCUT2D eigenvalue weighted by Crippen LogP contribution is 2.63. The summed E-state index contributed by atoms with van der Waals surface area (Å²) in [6.07, 6.45) is 0.715. The van der Waals surface area contributed by atoms with E-state index in [2.05, 4.69) is 26.7 Å². The molecular weight excluding hydrogens is 308 g/mol. The molecule has 5 nitrogen and oxygen atoms in total. The second-order valence-corrected chi connectivity index (χ2v) is 7.67. The number of rotatable bonds is 2. The molecule has 2 saturated heterocycles. The van der Waals surface area contributed by atoms with Gasteiger partial charge in [0.15, 0.2) is 0 Å². The summed E-state index contributed by atoms with van der Waals surface area (Å²) < 4.78 is 17.2. The summed E-state index contributed by atoms with van der Waals surface area (Å²) in [5.74, 6) is -0.963. The molecule has 128 valence electrons. The van der Waals surface area contributed by atoms with Crippen LogP contribution in [0.3, 0.4) is 0 Å². The van der Waals surface area contributed by atoms with E-state index in [1.165, 1.54) is 0 Å². The van der Waals surface area contributed by atoms with Gasteiger partial charge in [0, 0.05) is 23.5 Å². The number of ether oxygens (including phenoxy) is 3. The van der Waals surface area contributed by atoms with Gasteiger partial charge in [-0.2, -0.15) is 0 Å². The fourth-order valence-electron chi connectivity index (χ4n) is 4.83. The molecule has 0 aromatic carbocycles. The highest BCUT2D eigenvalue weighted by atomic mass is 16.6. The molecule has 2 heterocycles. The predicted molar refractivity (Wildman–Crippen MR) is 85.8 cm³/mol. The van der Waals surface area contributed by atoms with E-state index >= 15 is 0 Å². The van der Waals surface area contributed by atoms with Crippen molar-refractivity contribution in [2.75, 3.05) is 0 Å². The minimum atomic E-state index is -0.503. The van der Waals surface area contributed by atoms with Crippen molar-refractivity contribution in [2.24, 2.45) is 17.8 Å². The van der Waals surface area contributed by atoms with Crippen LogP contribution >= 0.6 is 0 Å². The van der Waals surface area contributed by atoms with E-state index in [1.807, 2.05) is 0 Å². The zero-order chi connectivity index (χ0) is 17.4. The number of carbonyl (C=O) groups excluding carboxylic acids is 2. The maximum Gasteiger partial charge on any atom is 0.334 e. The second kappa shape index (κ2) is 4.82. The number of carbonyl (C=O) groups is 2. The van der Waals surface area contributed by atoms with Crippen LogP contribution in [-0.4, -0.2) is 35.9 Å². The molecular formula is C19H22O5. The first-order chi connectivity index (χ1) is 11.2. The van der Waals surface area contributed by atoms with Gasteiger partial charge in [-0.15, -0.1) is 0 Å². The van der Waals surface area contributed by atoms with Crippen molar-refractivity contribution in [1.82, 2.24) is 0 Å². The van der Waals surface area contributed by atoms with Gasteiger partial charge in [0.25, 0.3) is 0 Å². The second-order valence-electron chi connectivity index (χ2n) is 7.67. The van der Waals surface area contributed by atoms with Crippen molar-refractivity contribution >= 4 is 11.9 Å². The largest absolute Gasteiger partial charge is 0.458 e. The predicted octanol–water partition coefficient (Wildman–Crippen LogP) is 2.33. The van der Waals surface area contributed by atoms with Crippen LogP contribution in [0.25, 0.3) is 0 Å². The molecule has 2 aliphatic carbocycles. The summed E-state index contributed by atoms with van der Waals surface area (Å²) in [6, 6.07) is 0. The van der Waals surface area contributed by atoms with E-state index < -0.39 is 18.0 Å². The minimum Gasteiger partial charge on any atom is -0.458 e. The molecule has 2 aliphatic heterocycles. The third kappa shape index (κ3) is 1.97. The summed E-state index contributed by atoms with van der Waals surface area (Å²) >= 11 is 0. The van der Waals surface area contributed by atoms with Gasteiger partial charge < -0.3 is 14.2 Å². The Balaban J connectivity index is 1.72. The van der Waals surface area contributed by atoms with Crippen LogP contribution in [-0.2, 0) is 23.8 Å². The molecule has 0 aromatic rings. The molecule has 0 unspecified atom stereocenters. The summed E-state index contributed by atoms with van der Waals surface area (Å²) in [5, 5.41) is 0. The van der Waals surface area contributed by atoms with Gasteiger partial charge in [0.2, 0.25) is 0 Å². The summed E-state index contributed by atoms with van der Waals surface area (Å²) in [6.45, 7) is 15.5. The molecule has 0 aromatic heterocycles. The van der Waals surface area contributed by atoms with Crippen molar-refractivity contribution in [3.05, 3.63) is 36.5 Å². The molecule has 4 aliphatic rings. The smallest absolute Gasteiger partial charge is 0.334 e. The van der Waals surface area contributed by atoms with Crippen LogP contribution < -0.4 is 0 Å². The van der Waals surface area contributed by atoms with Crippen LogP contribution in [0.15, 0.2) is 36.5 Å². The van der Waals surface area contributed by atoms with Gasteiger partial charge in [-0.05, 0) is 26.2 Å². The molecule has 4 rings (SSSR count). The molecule has 2 saturated carbocycles. The highest BCUT2D eigenvalue weighted by Gasteiger charge is 2.71. The quantitative estimate of drug-likeness (QED) is 0.336. The molecule has 5 heteroatoms. The van der Waals surface area contributed by atoms with Gasteiger partial charge in [-0.3, -0.25) is 0 Å². The Bertz CT molecular complexity index is 692. The van der Waals surface area contributed by atoms with Crippen LogP contribution in [0.5, 0.6) is 0 Å². The number of epoxide rings is 1. The Morgan fingerprint density at radius 2 is 2.08 bits per heavy atom. The maximum absolute atomic E-state index is 12.2. The van der Waals surface area contributed by atoms with Crippen LogP contribution in [0.4, 0.5) is 0 Å². The summed E-state index contributed by atoms with van der Waals surface area (Å²) in [5.41, 5.74) is 1.46. The van der Waals surface area contributed by atoms with E-state index in [4.69, 9.17) is 14.2 Å². The van der Waals surface area contributed by atoms with Crippen molar-refractivity contribution in [3.8, 4) is 0 Å². The SMILES string of the molecule is C=C(C)C(=O)O[C@H]1CC(=C)[C@@H]2C[C@H]3O[C@@]3(C)[C@@H]2[C@H]2OC(=O)C(=C)[C@@H]21. The van der Waals surface area contributed by atoms with Gasteiger partial charge in [0.05, 0.1) is 17.6 Å². The third-order valence-corrected chi connectivity index (χ3v) is 6.15. The Hall–Kier alpha value is -1.88. The fraction of sp³-hybridized carbons (Fsp3) is 0.579. The first kappa shape index (κ1) is 15.6. The van der Waals surface area contributed by atoms with E-state index in [1.54, 1.807) is 6.92 Å². The van der Waals surface area contributed by atoms with Crippen molar-refractivity contribution in [3.63, 3.8) is 0 Å². The van der Waals surface area contributed by atoms with Gasteiger partial charge in [-0.25, -0.2) is 9.59 Å². The van der Waals surface area contributed by atoms with E-state index in [9.17, 15) is 9.59 Å². The van der Waals surface area contributed by atoms with Gasteiger partial charge in [0.1, 0.15) is 12.2 Å². The normalized spacial score (nSPS) is 45.7. The van der Waals surface area contributed by atoms with Gasteiger partial charge in [-0.1, -0.05) is 25.3 Å². The lowest BCUT2D eigenvalue weighted by Crippen LogP contribution is -2.40. The first-order valence-corrected chi connectivity index (χ1v) is 8.35. The monoisotopic (exact) mass is 330 g/mol. The molecule has 7 atom stereocenters. The molecule has 0 radical (unpaired) electrons. The van der Waals surface area contributed by atoms with Crippen LogP contribution in [0, 0.1) is 17.8 Å². The molecule has 0 bridgehead atoms. The Morgan fingerprint density at radius 1 is 1.38 bits per heavy atom. The highest BCUT2D eigenvalue weighted by molar-refractivity contribution is 5.91. The lowest BCUT2D eigenvalue weighted by atomic mass is 9.78. The first-order valence-electron chi connectivity index (χ1n) is 8.35. The number of fused-ring (bicyclic) bond motifs is 5. The van der Waals surface area contributed by atoms with Crippen LogP contribution in [0.2, 0.25) is 0 Å². The lowest BCUT2D eigenvalue weighted by Gasteiger charge is -2.31. The third-order valence-electron chi connectivity index (χ3n) is 6.15. The zero-order valence-corrected chi connectivity index (χ0v) is 14.0. The Labute approximate surface area is 141 Å². The molecule has 0 spiro atoms. The Morgan fingerprint density at radius 3 is 2.75 bits per heavy atom. The van der Waals surface area contributed by atoms with Crippen molar-refractivity contribution in [1.29, 1.82) is 0 Å². The molecule has 0 amide bonds. The van der Waals surface area contributed by atoms with E-state index in [0.29, 0.717) is 17.6 Å². The van der Waals surface area contributed by atoms with E-state index in [-0.39, 0.29) is 35.6 Å². The average molecular weight is 330 g/mol. The zero-order valence-electron chi connectivity index (χ0n) is 14.0. The van der Waals surface area contributed by atoms with E-state index in [0.717, 1.165) is 12.0 Å². The van der Waals surface area contributed by atoms with Gasteiger partial charge >= 0.3 is 11.9 Å². The standard InChI is InChI=1S/C19H22O5/c1-8(2)17(20)22-12-6-9(3)11-7-13-19(5,24-13)15(11)16-14(12)10(4)18(21)23-16/h11-16H,1,3-4,6-7H2,2,5H3/t11-,12-,13+,14+,15-,16-,19+/m0/s1. The molecule has 24 heavy (non-hydrogen) atoms. The summed E-state index contributed by atoms with van der Waals surface area (Å²) in [4.78, 5) is 24.2. The van der Waals surface area contributed by atoms with Crippen molar-refractivity contribution < 1.29 is 23.8 Å². The lowest BCUT2D eigenvalue weighted by molar-refractivity contribution is -0.149. The minimum absolute atomic E-state index is 0.0386. The van der Waals surface area contributed by atoms with Crippen LogP contribution in [0.1, 0.15) is 26.7 Å². The van der Waals surface area contributed by atoms with Crippen molar-refractivity contribution in [2.45, 2.75) is 50.6 Å². The number of esters is 2. The molecule has 0 N–H and O–H groups in total. The number of hydrogen-bond acceptors (Lipinski definition) is 5. The number of hydrogen-bond donors (Lipinski definition) is 0. The fourth-order valence-corrected chi connectivity index (χ4v) is 4.83. The summed E-state index contributed by atoms with van der Waals surface area (Å²) in [7, 11) is 0. The average Bonchev–Trinajstić information content (AvgIpc) is 2.97. The molecule has 4 fully saturated rings. The topological polar surface area (TPSA) is 65.1 Å². The Kier molecular flexibility index (Phi) is 3.14. The maximum atomic E-state index is 12.2.